The van der Waals surface area contributed by atoms with Crippen LogP contribution in [-0.2, 0) is 4.79 Å². The smallest absolute Gasteiger partial charge is 0.277 e. The highest BCUT2D eigenvalue weighted by atomic mass is 16.5. The van der Waals surface area contributed by atoms with Crippen LogP contribution in [0, 0.1) is 0 Å². The van der Waals surface area contributed by atoms with Crippen molar-refractivity contribution in [3.63, 3.8) is 0 Å². The van der Waals surface area contributed by atoms with Crippen molar-refractivity contribution in [2.24, 2.45) is 5.10 Å². The van der Waals surface area contributed by atoms with Crippen LogP contribution in [0.1, 0.15) is 5.56 Å². The lowest BCUT2D eigenvalue weighted by atomic mass is 10.2. The maximum absolute atomic E-state index is 11.8. The average molecular weight is 370 g/mol. The SMILES string of the molecule is C=CCOc1ccc(/C=N/NC(=O)COc2ccc(OC)cc2)cc1OC. The summed E-state index contributed by atoms with van der Waals surface area (Å²) in [5.74, 6) is 2.07. The van der Waals surface area contributed by atoms with E-state index < -0.39 is 0 Å². The topological polar surface area (TPSA) is 78.4 Å². The van der Waals surface area contributed by atoms with Gasteiger partial charge in [-0.3, -0.25) is 4.79 Å². The summed E-state index contributed by atoms with van der Waals surface area (Å²) >= 11 is 0. The summed E-state index contributed by atoms with van der Waals surface area (Å²) in [6.45, 7) is 3.84. The molecule has 0 unspecified atom stereocenters. The van der Waals surface area contributed by atoms with E-state index in [-0.39, 0.29) is 12.5 Å². The molecule has 2 aromatic rings. The first-order valence-corrected chi connectivity index (χ1v) is 8.16. The molecule has 0 bridgehead atoms. The van der Waals surface area contributed by atoms with Gasteiger partial charge in [-0.15, -0.1) is 0 Å². The largest absolute Gasteiger partial charge is 0.497 e. The zero-order valence-corrected chi connectivity index (χ0v) is 15.3. The standard InChI is InChI=1S/C20H22N2O5/c1-4-11-26-18-10-5-15(12-19(18)25-3)13-21-22-20(23)14-27-17-8-6-16(24-2)7-9-17/h4-10,12-13H,1,11,14H2,2-3H3,(H,22,23)/b21-13+. The number of carbonyl (C=O) groups excluding carboxylic acids is 1. The van der Waals surface area contributed by atoms with Crippen molar-refractivity contribution in [2.45, 2.75) is 0 Å². The minimum Gasteiger partial charge on any atom is -0.497 e. The van der Waals surface area contributed by atoms with Crippen molar-refractivity contribution in [1.82, 2.24) is 5.43 Å². The van der Waals surface area contributed by atoms with E-state index in [0.29, 0.717) is 29.6 Å². The third-order valence-corrected chi connectivity index (χ3v) is 3.38. The van der Waals surface area contributed by atoms with Crippen molar-refractivity contribution in [3.8, 4) is 23.0 Å². The Morgan fingerprint density at radius 2 is 1.78 bits per heavy atom. The van der Waals surface area contributed by atoms with Gasteiger partial charge in [0.15, 0.2) is 18.1 Å². The molecule has 7 nitrogen and oxygen atoms in total. The molecule has 0 saturated carbocycles. The second kappa shape index (κ2) is 10.5. The first-order valence-electron chi connectivity index (χ1n) is 8.16. The highest BCUT2D eigenvalue weighted by Gasteiger charge is 2.05. The van der Waals surface area contributed by atoms with Crippen molar-refractivity contribution in [3.05, 3.63) is 60.7 Å². The van der Waals surface area contributed by atoms with Crippen molar-refractivity contribution < 1.29 is 23.7 Å². The van der Waals surface area contributed by atoms with Gasteiger partial charge in [-0.25, -0.2) is 5.43 Å². The van der Waals surface area contributed by atoms with Gasteiger partial charge in [0.05, 0.1) is 20.4 Å². The predicted octanol–water partition coefficient (Wildman–Crippen LogP) is 2.80. The van der Waals surface area contributed by atoms with Crippen LogP contribution in [-0.4, -0.2) is 39.6 Å². The lowest BCUT2D eigenvalue weighted by molar-refractivity contribution is -0.123. The fourth-order valence-electron chi connectivity index (χ4n) is 2.06. The second-order valence-electron chi connectivity index (χ2n) is 5.27. The van der Waals surface area contributed by atoms with E-state index in [2.05, 4.69) is 17.1 Å². The zero-order valence-electron chi connectivity index (χ0n) is 15.3. The Labute approximate surface area is 158 Å². The molecule has 1 N–H and O–H groups in total. The van der Waals surface area contributed by atoms with Crippen LogP contribution >= 0.6 is 0 Å². The number of nitrogens with zero attached hydrogens (tertiary/aromatic N) is 1. The van der Waals surface area contributed by atoms with Crippen LogP contribution in [0.15, 0.2) is 60.2 Å². The lowest BCUT2D eigenvalue weighted by Crippen LogP contribution is -2.24. The van der Waals surface area contributed by atoms with Crippen LogP contribution in [0.3, 0.4) is 0 Å². The van der Waals surface area contributed by atoms with Gasteiger partial charge in [0.25, 0.3) is 5.91 Å². The van der Waals surface area contributed by atoms with Crippen molar-refractivity contribution in [2.75, 3.05) is 27.4 Å². The van der Waals surface area contributed by atoms with Gasteiger partial charge in [0.2, 0.25) is 0 Å². The molecule has 0 spiro atoms. The fraction of sp³-hybridized carbons (Fsp3) is 0.200. The number of hydrogen-bond donors (Lipinski definition) is 1. The summed E-state index contributed by atoms with van der Waals surface area (Å²) in [6.07, 6.45) is 3.16. The number of ether oxygens (including phenoxy) is 4. The molecule has 0 aromatic heterocycles. The van der Waals surface area contributed by atoms with E-state index in [4.69, 9.17) is 18.9 Å². The summed E-state index contributed by atoms with van der Waals surface area (Å²) in [6, 6.07) is 12.3. The summed E-state index contributed by atoms with van der Waals surface area (Å²) in [7, 11) is 3.13. The van der Waals surface area contributed by atoms with Crippen molar-refractivity contribution in [1.29, 1.82) is 0 Å². The Hall–Kier alpha value is -3.48. The molecule has 2 rings (SSSR count). The van der Waals surface area contributed by atoms with Crippen LogP contribution in [0.5, 0.6) is 23.0 Å². The van der Waals surface area contributed by atoms with Crippen molar-refractivity contribution >= 4 is 12.1 Å². The number of carbonyl (C=O) groups is 1. The van der Waals surface area contributed by atoms with Gasteiger partial charge >= 0.3 is 0 Å². The summed E-state index contributed by atoms with van der Waals surface area (Å²) in [5, 5.41) is 3.91. The third-order valence-electron chi connectivity index (χ3n) is 3.38. The fourth-order valence-corrected chi connectivity index (χ4v) is 2.06. The number of hydrazone groups is 1. The quantitative estimate of drug-likeness (QED) is 0.395. The van der Waals surface area contributed by atoms with Crippen LogP contribution in [0.25, 0.3) is 0 Å². The molecule has 0 aliphatic carbocycles. The molecular formula is C20H22N2O5. The van der Waals surface area contributed by atoms with E-state index in [1.165, 1.54) is 6.21 Å². The van der Waals surface area contributed by atoms with Gasteiger partial charge in [0, 0.05) is 0 Å². The minimum atomic E-state index is -0.375. The summed E-state index contributed by atoms with van der Waals surface area (Å²) < 4.78 is 21.2. The maximum Gasteiger partial charge on any atom is 0.277 e. The molecule has 7 heteroatoms. The molecule has 1 amide bonds. The summed E-state index contributed by atoms with van der Waals surface area (Å²) in [5.41, 5.74) is 3.15. The normalized spacial score (nSPS) is 10.3. The van der Waals surface area contributed by atoms with E-state index in [1.807, 2.05) is 0 Å². The Morgan fingerprint density at radius 3 is 2.44 bits per heavy atom. The van der Waals surface area contributed by atoms with Crippen LogP contribution in [0.4, 0.5) is 0 Å². The van der Waals surface area contributed by atoms with Crippen LogP contribution < -0.4 is 24.4 Å². The molecule has 0 aliphatic heterocycles. The molecule has 0 aliphatic rings. The average Bonchev–Trinajstić information content (AvgIpc) is 2.71. The highest BCUT2D eigenvalue weighted by Crippen LogP contribution is 2.27. The molecule has 0 heterocycles. The predicted molar refractivity (Wildman–Crippen MR) is 103 cm³/mol. The molecule has 0 atom stereocenters. The van der Waals surface area contributed by atoms with Gasteiger partial charge in [-0.2, -0.15) is 5.10 Å². The van der Waals surface area contributed by atoms with E-state index in [0.717, 1.165) is 5.56 Å². The molecule has 142 valence electrons. The molecule has 27 heavy (non-hydrogen) atoms. The van der Waals surface area contributed by atoms with E-state index in [9.17, 15) is 4.79 Å². The maximum atomic E-state index is 11.8. The number of benzene rings is 2. The Bertz CT molecular complexity index is 787. The molecule has 2 aromatic carbocycles. The Balaban J connectivity index is 1.84. The number of hydrogen-bond acceptors (Lipinski definition) is 6. The third kappa shape index (κ3) is 6.39. The van der Waals surface area contributed by atoms with Gasteiger partial charge in [-0.05, 0) is 48.0 Å². The number of methoxy groups -OCH3 is 2. The second-order valence-corrected chi connectivity index (χ2v) is 5.27. The molecular weight excluding hydrogens is 348 g/mol. The van der Waals surface area contributed by atoms with E-state index in [1.54, 1.807) is 62.8 Å². The van der Waals surface area contributed by atoms with Gasteiger partial charge in [-0.1, -0.05) is 12.7 Å². The number of amides is 1. The molecule has 0 fully saturated rings. The Morgan fingerprint density at radius 1 is 1.04 bits per heavy atom. The zero-order chi connectivity index (χ0) is 19.5. The van der Waals surface area contributed by atoms with Crippen LogP contribution in [0.2, 0.25) is 0 Å². The highest BCUT2D eigenvalue weighted by molar-refractivity contribution is 5.83. The number of rotatable bonds is 10. The van der Waals surface area contributed by atoms with Gasteiger partial charge < -0.3 is 18.9 Å². The Kier molecular flexibility index (Phi) is 7.71. The molecule has 0 radical (unpaired) electrons. The first-order chi connectivity index (χ1) is 13.2. The van der Waals surface area contributed by atoms with Gasteiger partial charge in [0.1, 0.15) is 18.1 Å². The lowest BCUT2D eigenvalue weighted by Gasteiger charge is -2.09. The summed E-state index contributed by atoms with van der Waals surface area (Å²) in [4.78, 5) is 11.8. The first kappa shape index (κ1) is 19.8. The van der Waals surface area contributed by atoms with E-state index >= 15 is 0 Å². The minimum absolute atomic E-state index is 0.151. The number of nitrogens with one attached hydrogen (secondary N) is 1. The molecule has 0 saturated heterocycles. The monoisotopic (exact) mass is 370 g/mol.